The van der Waals surface area contributed by atoms with Gasteiger partial charge in [-0.2, -0.15) is 0 Å². The summed E-state index contributed by atoms with van der Waals surface area (Å²) in [5, 5.41) is 8.40. The molecular weight excluding hydrogens is 300 g/mol. The second-order valence-electron chi connectivity index (χ2n) is 5.04. The van der Waals surface area contributed by atoms with Gasteiger partial charge in [0, 0.05) is 6.54 Å². The Morgan fingerprint density at radius 2 is 2.32 bits per heavy atom. The van der Waals surface area contributed by atoms with Crippen LogP contribution in [-0.4, -0.2) is 45.2 Å². The Balaban J connectivity index is 1.75. The molecule has 1 atom stereocenters. The van der Waals surface area contributed by atoms with Gasteiger partial charge in [0.15, 0.2) is 0 Å². The van der Waals surface area contributed by atoms with Crippen LogP contribution in [0.5, 0.6) is 5.75 Å². The highest BCUT2D eigenvalue weighted by molar-refractivity contribution is 8.00. The van der Waals surface area contributed by atoms with E-state index in [1.165, 1.54) is 0 Å². The van der Waals surface area contributed by atoms with Crippen molar-refractivity contribution in [1.82, 2.24) is 19.9 Å². The van der Waals surface area contributed by atoms with E-state index in [4.69, 9.17) is 4.74 Å². The average Bonchev–Trinajstić information content (AvgIpc) is 3.13. The number of thioether (sulfide) groups is 1. The van der Waals surface area contributed by atoms with Crippen LogP contribution in [0.15, 0.2) is 30.5 Å². The van der Waals surface area contributed by atoms with Crippen LogP contribution in [0.2, 0.25) is 0 Å². The molecule has 0 aliphatic carbocycles. The summed E-state index contributed by atoms with van der Waals surface area (Å²) in [5.74, 6) is 1.51. The van der Waals surface area contributed by atoms with Crippen molar-refractivity contribution in [3.8, 4) is 5.75 Å². The Labute approximate surface area is 133 Å². The third-order valence-corrected chi connectivity index (χ3v) is 4.82. The van der Waals surface area contributed by atoms with Crippen molar-refractivity contribution < 1.29 is 9.53 Å². The van der Waals surface area contributed by atoms with Crippen LogP contribution < -0.4 is 4.74 Å². The van der Waals surface area contributed by atoms with Crippen molar-refractivity contribution in [1.29, 1.82) is 0 Å². The minimum Gasteiger partial charge on any atom is -0.497 e. The summed E-state index contributed by atoms with van der Waals surface area (Å²) in [5.41, 5.74) is 1.93. The number of hydrogen-bond acceptors (Lipinski definition) is 5. The second-order valence-corrected chi connectivity index (χ2v) is 6.10. The minimum atomic E-state index is -0.0171. The van der Waals surface area contributed by atoms with Crippen LogP contribution in [0.25, 0.3) is 0 Å². The number of nitrogens with zero attached hydrogens (tertiary/aromatic N) is 4. The topological polar surface area (TPSA) is 60.2 Å². The van der Waals surface area contributed by atoms with E-state index in [0.29, 0.717) is 18.8 Å². The SMILES string of the molecule is CCN1C(=O)CS[C@@H]1c1cn(Cc2cccc(OC)c2)nn1. The molecule has 1 aliphatic heterocycles. The maximum absolute atomic E-state index is 11.8. The quantitative estimate of drug-likeness (QED) is 0.843. The number of rotatable bonds is 5. The Hall–Kier alpha value is -2.02. The van der Waals surface area contributed by atoms with Crippen molar-refractivity contribution in [2.75, 3.05) is 19.4 Å². The van der Waals surface area contributed by atoms with E-state index in [1.807, 2.05) is 42.3 Å². The number of methoxy groups -OCH3 is 1. The van der Waals surface area contributed by atoms with Gasteiger partial charge < -0.3 is 9.64 Å². The van der Waals surface area contributed by atoms with Crippen molar-refractivity contribution in [3.63, 3.8) is 0 Å². The maximum atomic E-state index is 11.8. The molecule has 6 nitrogen and oxygen atoms in total. The molecule has 0 radical (unpaired) electrons. The normalized spacial score (nSPS) is 18.0. The van der Waals surface area contributed by atoms with Crippen LogP contribution in [0.3, 0.4) is 0 Å². The summed E-state index contributed by atoms with van der Waals surface area (Å²) in [6.07, 6.45) is 1.92. The number of carbonyl (C=O) groups is 1. The first-order valence-electron chi connectivity index (χ1n) is 7.15. The molecule has 1 aliphatic rings. The summed E-state index contributed by atoms with van der Waals surface area (Å²) < 4.78 is 7.02. The zero-order chi connectivity index (χ0) is 15.5. The molecular formula is C15H18N4O2S. The monoisotopic (exact) mass is 318 g/mol. The number of aromatic nitrogens is 3. The predicted molar refractivity (Wildman–Crippen MR) is 84.7 cm³/mol. The fraction of sp³-hybridized carbons (Fsp3) is 0.400. The van der Waals surface area contributed by atoms with Crippen LogP contribution in [0, 0.1) is 0 Å². The highest BCUT2D eigenvalue weighted by Crippen LogP contribution is 2.37. The highest BCUT2D eigenvalue weighted by Gasteiger charge is 2.33. The lowest BCUT2D eigenvalue weighted by Crippen LogP contribution is -2.27. The lowest BCUT2D eigenvalue weighted by Gasteiger charge is -2.19. The molecule has 22 heavy (non-hydrogen) atoms. The number of carbonyl (C=O) groups excluding carboxylic acids is 1. The molecule has 2 aromatic rings. The lowest BCUT2D eigenvalue weighted by molar-refractivity contribution is -0.127. The molecule has 1 aromatic heterocycles. The van der Waals surface area contributed by atoms with Crippen LogP contribution in [0.1, 0.15) is 23.6 Å². The van der Waals surface area contributed by atoms with Crippen LogP contribution >= 0.6 is 11.8 Å². The molecule has 0 saturated carbocycles. The molecule has 2 heterocycles. The zero-order valence-electron chi connectivity index (χ0n) is 12.6. The van der Waals surface area contributed by atoms with Crippen molar-refractivity contribution in [2.24, 2.45) is 0 Å². The third-order valence-electron chi connectivity index (χ3n) is 3.60. The van der Waals surface area contributed by atoms with E-state index in [-0.39, 0.29) is 11.3 Å². The number of hydrogen-bond donors (Lipinski definition) is 0. The van der Waals surface area contributed by atoms with Crippen LogP contribution in [-0.2, 0) is 11.3 Å². The van der Waals surface area contributed by atoms with Gasteiger partial charge in [0.05, 0.1) is 25.6 Å². The molecule has 0 spiro atoms. The molecule has 0 N–H and O–H groups in total. The second kappa shape index (κ2) is 6.39. The fourth-order valence-corrected chi connectivity index (χ4v) is 3.69. The van der Waals surface area contributed by atoms with E-state index in [2.05, 4.69) is 10.3 Å². The fourth-order valence-electron chi connectivity index (χ4n) is 2.50. The first kappa shape index (κ1) is 14.9. The van der Waals surface area contributed by atoms with Crippen LogP contribution in [0.4, 0.5) is 0 Å². The van der Waals surface area contributed by atoms with Gasteiger partial charge in [-0.3, -0.25) is 4.79 Å². The van der Waals surface area contributed by atoms with E-state index in [9.17, 15) is 4.79 Å². The Kier molecular flexibility index (Phi) is 4.33. The Morgan fingerprint density at radius 3 is 3.09 bits per heavy atom. The van der Waals surface area contributed by atoms with Crippen molar-refractivity contribution >= 4 is 17.7 Å². The third kappa shape index (κ3) is 2.94. The number of benzene rings is 1. The van der Waals surface area contributed by atoms with E-state index in [0.717, 1.165) is 17.0 Å². The molecule has 1 amide bonds. The summed E-state index contributed by atoms with van der Waals surface area (Å²) in [7, 11) is 1.65. The smallest absolute Gasteiger partial charge is 0.233 e. The van der Waals surface area contributed by atoms with Gasteiger partial charge in [-0.1, -0.05) is 17.3 Å². The summed E-state index contributed by atoms with van der Waals surface area (Å²) in [4.78, 5) is 13.6. The first-order valence-corrected chi connectivity index (χ1v) is 8.20. The van der Waals surface area contributed by atoms with E-state index in [1.54, 1.807) is 23.6 Å². The first-order chi connectivity index (χ1) is 10.7. The molecule has 1 aromatic carbocycles. The largest absolute Gasteiger partial charge is 0.497 e. The molecule has 1 saturated heterocycles. The molecule has 0 bridgehead atoms. The zero-order valence-corrected chi connectivity index (χ0v) is 13.4. The summed E-state index contributed by atoms with van der Waals surface area (Å²) in [6.45, 7) is 3.30. The Bertz CT molecular complexity index is 673. The van der Waals surface area contributed by atoms with Gasteiger partial charge in [0.1, 0.15) is 16.8 Å². The standard InChI is InChI=1S/C15H18N4O2S/c1-3-19-14(20)10-22-15(19)13-9-18(17-16-13)8-11-5-4-6-12(7-11)21-2/h4-7,9,15H,3,8,10H2,1-2H3/t15-/m1/s1. The summed E-state index contributed by atoms with van der Waals surface area (Å²) in [6, 6.07) is 7.87. The van der Waals surface area contributed by atoms with Crippen molar-refractivity contribution in [2.45, 2.75) is 18.8 Å². The van der Waals surface area contributed by atoms with Gasteiger partial charge in [-0.15, -0.1) is 16.9 Å². The maximum Gasteiger partial charge on any atom is 0.233 e. The minimum absolute atomic E-state index is 0.0171. The average molecular weight is 318 g/mol. The molecule has 1 fully saturated rings. The Morgan fingerprint density at radius 1 is 1.45 bits per heavy atom. The number of amides is 1. The van der Waals surface area contributed by atoms with E-state index >= 15 is 0 Å². The van der Waals surface area contributed by atoms with Gasteiger partial charge in [-0.05, 0) is 24.6 Å². The van der Waals surface area contributed by atoms with Gasteiger partial charge in [-0.25, -0.2) is 4.68 Å². The summed E-state index contributed by atoms with van der Waals surface area (Å²) >= 11 is 1.60. The number of ether oxygens (including phenoxy) is 1. The lowest BCUT2D eigenvalue weighted by atomic mass is 10.2. The van der Waals surface area contributed by atoms with Gasteiger partial charge in [0.25, 0.3) is 0 Å². The van der Waals surface area contributed by atoms with E-state index < -0.39 is 0 Å². The highest BCUT2D eigenvalue weighted by atomic mass is 32.2. The molecule has 3 rings (SSSR count). The molecule has 116 valence electrons. The van der Waals surface area contributed by atoms with Gasteiger partial charge in [0.2, 0.25) is 5.91 Å². The van der Waals surface area contributed by atoms with Crippen molar-refractivity contribution in [3.05, 3.63) is 41.7 Å². The van der Waals surface area contributed by atoms with Gasteiger partial charge >= 0.3 is 0 Å². The molecule has 7 heteroatoms. The predicted octanol–water partition coefficient (Wildman–Crippen LogP) is 1.93. The molecule has 0 unspecified atom stereocenters.